The molecule has 124 valence electrons. The summed E-state index contributed by atoms with van der Waals surface area (Å²) in [6.45, 7) is 0.249. The Morgan fingerprint density at radius 2 is 1.92 bits per heavy atom. The first kappa shape index (κ1) is 17.1. The van der Waals surface area contributed by atoms with Crippen molar-refractivity contribution in [3.05, 3.63) is 40.5 Å². The summed E-state index contributed by atoms with van der Waals surface area (Å²) in [4.78, 5) is 35.0. The Morgan fingerprint density at radius 1 is 1.33 bits per heavy atom. The molecule has 0 saturated heterocycles. The summed E-state index contributed by atoms with van der Waals surface area (Å²) in [7, 11) is 0. The van der Waals surface area contributed by atoms with Crippen molar-refractivity contribution in [2.75, 3.05) is 6.54 Å². The number of amides is 1. The molecule has 0 bridgehead atoms. The largest absolute Gasteiger partial charge is 0.506 e. The number of benzene rings is 1. The van der Waals surface area contributed by atoms with Gasteiger partial charge in [-0.3, -0.25) is 14.4 Å². The quantitative estimate of drug-likeness (QED) is 0.701. The second-order valence-electron chi connectivity index (χ2n) is 5.18. The number of fused-ring (bicyclic) bond motifs is 1. The maximum Gasteiger partial charge on any atom is 0.322 e. The summed E-state index contributed by atoms with van der Waals surface area (Å²) >= 11 is 0. The number of aliphatic hydroxyl groups excluding tert-OH is 1. The molecule has 2 rings (SSSR count). The van der Waals surface area contributed by atoms with Gasteiger partial charge in [0.15, 0.2) is 17.4 Å². The zero-order chi connectivity index (χ0) is 18.2. The molecule has 3 N–H and O–H groups in total. The Labute approximate surface area is 133 Å². The highest BCUT2D eigenvalue weighted by Gasteiger charge is 2.47. The van der Waals surface area contributed by atoms with E-state index in [1.807, 2.05) is 5.32 Å². The lowest BCUT2D eigenvalue weighted by atomic mass is 9.70. The molecular formula is C15H10F2N2O5. The molecule has 0 aliphatic heterocycles. The summed E-state index contributed by atoms with van der Waals surface area (Å²) in [5, 5.41) is 29.9. The van der Waals surface area contributed by atoms with Crippen LogP contribution in [0.4, 0.5) is 8.78 Å². The number of halogens is 2. The van der Waals surface area contributed by atoms with Gasteiger partial charge < -0.3 is 15.5 Å². The van der Waals surface area contributed by atoms with Gasteiger partial charge in [0, 0.05) is 5.56 Å². The molecule has 1 amide bonds. The van der Waals surface area contributed by atoms with Gasteiger partial charge in [0.05, 0.1) is 6.07 Å². The number of aliphatic hydroxyl groups is 1. The van der Waals surface area contributed by atoms with Crippen molar-refractivity contribution in [2.45, 2.75) is 12.3 Å². The zero-order valence-corrected chi connectivity index (χ0v) is 12.2. The van der Waals surface area contributed by atoms with Gasteiger partial charge in [0.1, 0.15) is 23.3 Å². The highest BCUT2D eigenvalue weighted by molar-refractivity contribution is 6.29. The fourth-order valence-electron chi connectivity index (χ4n) is 2.34. The highest BCUT2D eigenvalue weighted by Crippen LogP contribution is 2.40. The van der Waals surface area contributed by atoms with E-state index < -0.39 is 58.1 Å². The van der Waals surface area contributed by atoms with E-state index >= 15 is 0 Å². The van der Waals surface area contributed by atoms with Gasteiger partial charge in [-0.25, -0.2) is 8.78 Å². The Kier molecular flexibility index (Phi) is 4.08. The van der Waals surface area contributed by atoms with Gasteiger partial charge in [-0.2, -0.15) is 5.26 Å². The van der Waals surface area contributed by atoms with E-state index in [9.17, 15) is 33.5 Å². The van der Waals surface area contributed by atoms with Gasteiger partial charge in [-0.15, -0.1) is 0 Å². The van der Waals surface area contributed by atoms with E-state index in [-0.39, 0.29) is 5.56 Å². The van der Waals surface area contributed by atoms with Crippen LogP contribution in [0.5, 0.6) is 0 Å². The fraction of sp³-hybridized carbons (Fsp3) is 0.200. The van der Waals surface area contributed by atoms with Crippen LogP contribution in [0, 0.1) is 23.0 Å². The smallest absolute Gasteiger partial charge is 0.322 e. The van der Waals surface area contributed by atoms with E-state index in [2.05, 4.69) is 0 Å². The summed E-state index contributed by atoms with van der Waals surface area (Å²) in [5.74, 6) is -7.41. The number of nitrogens with one attached hydrogen (secondary N) is 1. The van der Waals surface area contributed by atoms with Gasteiger partial charge >= 0.3 is 5.97 Å². The Morgan fingerprint density at radius 3 is 2.46 bits per heavy atom. The maximum atomic E-state index is 13.5. The molecule has 1 unspecified atom stereocenters. The number of Topliss-reactive ketones (excluding diaryl/α,β-unsaturated/α-hetero) is 1. The predicted molar refractivity (Wildman–Crippen MR) is 74.5 cm³/mol. The predicted octanol–water partition coefficient (Wildman–Crippen LogP) is 0.799. The second-order valence-corrected chi connectivity index (χ2v) is 5.18. The number of carboxylic acid groups (broad SMARTS) is 1. The van der Waals surface area contributed by atoms with Crippen LogP contribution in [0.25, 0.3) is 5.76 Å². The number of aliphatic carboxylic acids is 1. The normalized spacial score (nSPS) is 19.5. The number of rotatable bonds is 3. The van der Waals surface area contributed by atoms with Crippen LogP contribution in [0.1, 0.15) is 18.1 Å². The van der Waals surface area contributed by atoms with Crippen LogP contribution in [0.15, 0.2) is 17.7 Å². The Bertz CT molecular complexity index is 856. The first-order valence-electron chi connectivity index (χ1n) is 6.52. The van der Waals surface area contributed by atoms with Crippen molar-refractivity contribution in [1.29, 1.82) is 5.26 Å². The molecule has 0 spiro atoms. The summed E-state index contributed by atoms with van der Waals surface area (Å²) in [6, 6.07) is 2.79. The van der Waals surface area contributed by atoms with Crippen LogP contribution < -0.4 is 5.32 Å². The summed E-state index contributed by atoms with van der Waals surface area (Å²) in [6.07, 6.45) is 0. The average Bonchev–Trinajstić information content (AvgIpc) is 2.53. The lowest BCUT2D eigenvalue weighted by Crippen LogP contribution is -2.43. The standard InChI is InChI=1S/C15H10F2N2O5/c1-15(5-18)7-3-9(17)8(16)2-6(7)12(22)11(13(15)23)14(24)19-4-10(20)21/h2-3,22H,4H2,1H3,(H,19,24)(H,20,21). The number of hydrogen-bond donors (Lipinski definition) is 3. The fourth-order valence-corrected chi connectivity index (χ4v) is 2.34. The number of nitriles is 1. The van der Waals surface area contributed by atoms with E-state index in [4.69, 9.17) is 5.11 Å². The van der Waals surface area contributed by atoms with Crippen LogP contribution in [-0.2, 0) is 19.8 Å². The first-order chi connectivity index (χ1) is 11.1. The third-order valence-corrected chi connectivity index (χ3v) is 3.62. The molecule has 1 aliphatic rings. The third-order valence-electron chi connectivity index (χ3n) is 3.62. The molecule has 7 nitrogen and oxygen atoms in total. The number of carbonyl (C=O) groups excluding carboxylic acids is 2. The van der Waals surface area contributed by atoms with Crippen molar-refractivity contribution in [3.8, 4) is 6.07 Å². The molecular weight excluding hydrogens is 326 g/mol. The topological polar surface area (TPSA) is 127 Å². The molecule has 24 heavy (non-hydrogen) atoms. The minimum absolute atomic E-state index is 0.291. The van der Waals surface area contributed by atoms with Crippen molar-refractivity contribution in [3.63, 3.8) is 0 Å². The van der Waals surface area contributed by atoms with Crippen molar-refractivity contribution in [1.82, 2.24) is 5.32 Å². The number of hydrogen-bond acceptors (Lipinski definition) is 5. The van der Waals surface area contributed by atoms with Gasteiger partial charge in [-0.05, 0) is 24.6 Å². The summed E-state index contributed by atoms with van der Waals surface area (Å²) < 4.78 is 26.9. The number of carbonyl (C=O) groups is 3. The number of carboxylic acids is 1. The van der Waals surface area contributed by atoms with Gasteiger partial charge in [-0.1, -0.05) is 0 Å². The first-order valence-corrected chi connectivity index (χ1v) is 6.52. The highest BCUT2D eigenvalue weighted by atomic mass is 19.2. The maximum absolute atomic E-state index is 13.5. The second kappa shape index (κ2) is 5.73. The Hall–Kier alpha value is -3.28. The molecule has 0 aromatic heterocycles. The number of nitrogens with zero attached hydrogens (tertiary/aromatic N) is 1. The molecule has 1 atom stereocenters. The van der Waals surface area contributed by atoms with Crippen LogP contribution in [-0.4, -0.2) is 34.4 Å². The van der Waals surface area contributed by atoms with Crippen LogP contribution in [0.2, 0.25) is 0 Å². The SMILES string of the molecule is CC1(C#N)C(=O)C(C(=O)NCC(=O)O)=C(O)c2cc(F)c(F)cc21. The molecule has 0 heterocycles. The van der Waals surface area contributed by atoms with Crippen molar-refractivity contribution in [2.24, 2.45) is 0 Å². The Balaban J connectivity index is 2.69. The van der Waals surface area contributed by atoms with E-state index in [1.54, 1.807) is 6.07 Å². The third kappa shape index (κ3) is 2.48. The monoisotopic (exact) mass is 336 g/mol. The van der Waals surface area contributed by atoms with Crippen molar-refractivity contribution < 1.29 is 33.4 Å². The minimum Gasteiger partial charge on any atom is -0.506 e. The molecule has 0 saturated carbocycles. The molecule has 1 aliphatic carbocycles. The molecule has 1 aromatic rings. The lowest BCUT2D eigenvalue weighted by Gasteiger charge is -2.29. The van der Waals surface area contributed by atoms with E-state index in [0.717, 1.165) is 6.92 Å². The lowest BCUT2D eigenvalue weighted by molar-refractivity contribution is -0.137. The van der Waals surface area contributed by atoms with Gasteiger partial charge in [0.2, 0.25) is 0 Å². The average molecular weight is 336 g/mol. The zero-order valence-electron chi connectivity index (χ0n) is 12.2. The molecule has 9 heteroatoms. The van der Waals surface area contributed by atoms with Crippen molar-refractivity contribution >= 4 is 23.4 Å². The molecule has 1 aromatic carbocycles. The van der Waals surface area contributed by atoms with Gasteiger partial charge in [0.25, 0.3) is 5.91 Å². The number of ketones is 1. The van der Waals surface area contributed by atoms with E-state index in [0.29, 0.717) is 12.1 Å². The minimum atomic E-state index is -2.05. The molecule has 0 radical (unpaired) electrons. The van der Waals surface area contributed by atoms with E-state index in [1.165, 1.54) is 0 Å². The van der Waals surface area contributed by atoms with Crippen LogP contribution in [0.3, 0.4) is 0 Å². The van der Waals surface area contributed by atoms with Crippen LogP contribution >= 0.6 is 0 Å². The molecule has 0 fully saturated rings. The summed E-state index contributed by atoms with van der Waals surface area (Å²) in [5.41, 5.74) is -3.62.